The summed E-state index contributed by atoms with van der Waals surface area (Å²) in [5.74, 6) is 1.16. The van der Waals surface area contributed by atoms with E-state index in [9.17, 15) is 5.11 Å². The molecular weight excluding hydrogens is 228 g/mol. The quantitative estimate of drug-likeness (QED) is 0.842. The SMILES string of the molecule is CCOc1ccc(C2(C(CC)CO)COC2)cc1. The minimum absolute atomic E-state index is 0.00571. The Balaban J connectivity index is 2.22. The number of benzene rings is 1. The molecule has 1 saturated heterocycles. The molecule has 3 nitrogen and oxygen atoms in total. The summed E-state index contributed by atoms with van der Waals surface area (Å²) in [5.41, 5.74) is 1.24. The van der Waals surface area contributed by atoms with Crippen molar-refractivity contribution in [3.8, 4) is 5.75 Å². The number of ether oxygens (including phenoxy) is 2. The summed E-state index contributed by atoms with van der Waals surface area (Å²) >= 11 is 0. The first-order valence-corrected chi connectivity index (χ1v) is 6.68. The van der Waals surface area contributed by atoms with Crippen LogP contribution in [-0.4, -0.2) is 31.5 Å². The van der Waals surface area contributed by atoms with Crippen LogP contribution in [0.25, 0.3) is 0 Å². The van der Waals surface area contributed by atoms with Gasteiger partial charge in [-0.2, -0.15) is 0 Å². The molecule has 0 aliphatic carbocycles. The van der Waals surface area contributed by atoms with E-state index < -0.39 is 0 Å². The predicted octanol–water partition coefficient (Wildman–Crippen LogP) is 2.37. The van der Waals surface area contributed by atoms with Gasteiger partial charge in [-0.3, -0.25) is 0 Å². The molecule has 0 saturated carbocycles. The molecule has 0 spiro atoms. The van der Waals surface area contributed by atoms with E-state index in [1.54, 1.807) is 0 Å². The summed E-state index contributed by atoms with van der Waals surface area (Å²) in [6.45, 7) is 6.42. The van der Waals surface area contributed by atoms with E-state index in [2.05, 4.69) is 19.1 Å². The average molecular weight is 250 g/mol. The summed E-state index contributed by atoms with van der Waals surface area (Å²) in [6.07, 6.45) is 0.965. The molecule has 0 bridgehead atoms. The van der Waals surface area contributed by atoms with E-state index in [4.69, 9.17) is 9.47 Å². The van der Waals surface area contributed by atoms with Crippen LogP contribution >= 0.6 is 0 Å². The number of aliphatic hydroxyl groups excluding tert-OH is 1. The third-order valence-electron chi connectivity index (χ3n) is 3.95. The van der Waals surface area contributed by atoms with E-state index in [-0.39, 0.29) is 17.9 Å². The van der Waals surface area contributed by atoms with Gasteiger partial charge in [0.15, 0.2) is 0 Å². The lowest BCUT2D eigenvalue weighted by atomic mass is 9.68. The van der Waals surface area contributed by atoms with Gasteiger partial charge >= 0.3 is 0 Å². The van der Waals surface area contributed by atoms with Gasteiger partial charge in [-0.25, -0.2) is 0 Å². The number of hydrogen-bond donors (Lipinski definition) is 1. The summed E-state index contributed by atoms with van der Waals surface area (Å²) in [6, 6.07) is 8.21. The lowest BCUT2D eigenvalue weighted by Crippen LogP contribution is -2.53. The topological polar surface area (TPSA) is 38.7 Å². The second-order valence-corrected chi connectivity index (χ2v) is 4.89. The Hall–Kier alpha value is -1.06. The third-order valence-corrected chi connectivity index (χ3v) is 3.95. The van der Waals surface area contributed by atoms with Crippen LogP contribution in [0.4, 0.5) is 0 Å². The third kappa shape index (κ3) is 2.25. The van der Waals surface area contributed by atoms with Crippen molar-refractivity contribution in [2.45, 2.75) is 25.7 Å². The molecule has 1 aliphatic heterocycles. The molecule has 1 atom stereocenters. The molecule has 2 rings (SSSR count). The molecular formula is C15H22O3. The van der Waals surface area contributed by atoms with Crippen molar-refractivity contribution < 1.29 is 14.6 Å². The summed E-state index contributed by atoms with van der Waals surface area (Å²) in [4.78, 5) is 0. The van der Waals surface area contributed by atoms with Gasteiger partial charge in [0.05, 0.1) is 19.8 Å². The van der Waals surface area contributed by atoms with Crippen molar-refractivity contribution >= 4 is 0 Å². The van der Waals surface area contributed by atoms with Crippen molar-refractivity contribution in [3.63, 3.8) is 0 Å². The highest BCUT2D eigenvalue weighted by atomic mass is 16.5. The number of hydrogen-bond acceptors (Lipinski definition) is 3. The molecule has 1 aliphatic rings. The monoisotopic (exact) mass is 250 g/mol. The number of rotatable bonds is 6. The van der Waals surface area contributed by atoms with Crippen LogP contribution in [0.2, 0.25) is 0 Å². The van der Waals surface area contributed by atoms with Gasteiger partial charge in [0.2, 0.25) is 0 Å². The zero-order chi connectivity index (χ0) is 13.0. The van der Waals surface area contributed by atoms with E-state index in [0.717, 1.165) is 12.2 Å². The first kappa shape index (κ1) is 13.4. The van der Waals surface area contributed by atoms with Gasteiger partial charge in [0.1, 0.15) is 5.75 Å². The molecule has 18 heavy (non-hydrogen) atoms. The normalized spacial score (nSPS) is 19.1. The number of aliphatic hydroxyl groups is 1. The van der Waals surface area contributed by atoms with Gasteiger partial charge in [0.25, 0.3) is 0 Å². The Morgan fingerprint density at radius 3 is 2.33 bits per heavy atom. The van der Waals surface area contributed by atoms with Crippen molar-refractivity contribution in [1.82, 2.24) is 0 Å². The second-order valence-electron chi connectivity index (χ2n) is 4.89. The van der Waals surface area contributed by atoms with Crippen LogP contribution in [0.5, 0.6) is 5.75 Å². The molecule has 100 valence electrons. The minimum atomic E-state index is -0.00571. The van der Waals surface area contributed by atoms with Crippen LogP contribution in [0.3, 0.4) is 0 Å². The van der Waals surface area contributed by atoms with Crippen LogP contribution in [0.1, 0.15) is 25.8 Å². The zero-order valence-electron chi connectivity index (χ0n) is 11.2. The van der Waals surface area contributed by atoms with E-state index >= 15 is 0 Å². The Bertz CT molecular complexity index is 364. The van der Waals surface area contributed by atoms with Gasteiger partial charge in [-0.15, -0.1) is 0 Å². The lowest BCUT2D eigenvalue weighted by Gasteiger charge is -2.47. The average Bonchev–Trinajstić information content (AvgIpc) is 2.35. The highest BCUT2D eigenvalue weighted by molar-refractivity contribution is 5.35. The maximum absolute atomic E-state index is 9.55. The second kappa shape index (κ2) is 5.72. The van der Waals surface area contributed by atoms with E-state index in [0.29, 0.717) is 19.8 Å². The zero-order valence-corrected chi connectivity index (χ0v) is 11.2. The van der Waals surface area contributed by atoms with Crippen molar-refractivity contribution in [2.75, 3.05) is 26.4 Å². The molecule has 1 unspecified atom stereocenters. The minimum Gasteiger partial charge on any atom is -0.494 e. The Morgan fingerprint density at radius 1 is 1.28 bits per heavy atom. The maximum Gasteiger partial charge on any atom is 0.119 e. The van der Waals surface area contributed by atoms with E-state index in [1.807, 2.05) is 19.1 Å². The fourth-order valence-corrected chi connectivity index (χ4v) is 2.70. The molecule has 1 fully saturated rings. The summed E-state index contributed by atoms with van der Waals surface area (Å²) in [7, 11) is 0. The molecule has 1 N–H and O–H groups in total. The van der Waals surface area contributed by atoms with Crippen molar-refractivity contribution in [3.05, 3.63) is 29.8 Å². The predicted molar refractivity (Wildman–Crippen MR) is 71.0 cm³/mol. The molecule has 1 aromatic rings. The molecule has 0 aromatic heterocycles. The first-order chi connectivity index (χ1) is 8.76. The lowest BCUT2D eigenvalue weighted by molar-refractivity contribution is -0.101. The van der Waals surface area contributed by atoms with Gasteiger partial charge in [-0.1, -0.05) is 25.5 Å². The fourth-order valence-electron chi connectivity index (χ4n) is 2.70. The smallest absolute Gasteiger partial charge is 0.119 e. The van der Waals surface area contributed by atoms with Gasteiger partial charge in [-0.05, 0) is 30.5 Å². The molecule has 3 heteroatoms. The molecule has 1 heterocycles. The summed E-state index contributed by atoms with van der Waals surface area (Å²) < 4.78 is 10.9. The molecule has 0 radical (unpaired) electrons. The molecule has 1 aromatic carbocycles. The Kier molecular flexibility index (Phi) is 4.25. The maximum atomic E-state index is 9.55. The first-order valence-electron chi connectivity index (χ1n) is 6.68. The highest BCUT2D eigenvalue weighted by Crippen LogP contribution is 2.41. The van der Waals surface area contributed by atoms with Crippen LogP contribution in [0, 0.1) is 5.92 Å². The largest absolute Gasteiger partial charge is 0.494 e. The van der Waals surface area contributed by atoms with Crippen LogP contribution in [-0.2, 0) is 10.2 Å². The summed E-state index contributed by atoms with van der Waals surface area (Å²) in [5, 5.41) is 9.55. The van der Waals surface area contributed by atoms with Crippen molar-refractivity contribution in [1.29, 1.82) is 0 Å². The Labute approximate surface area is 109 Å². The standard InChI is InChI=1S/C15H22O3/c1-3-12(9-16)15(10-17-11-15)13-5-7-14(8-6-13)18-4-2/h5-8,12,16H,3-4,9-11H2,1-2H3. The Morgan fingerprint density at radius 2 is 1.94 bits per heavy atom. The molecule has 0 amide bonds. The highest BCUT2D eigenvalue weighted by Gasteiger charge is 2.45. The van der Waals surface area contributed by atoms with Gasteiger partial charge < -0.3 is 14.6 Å². The van der Waals surface area contributed by atoms with Crippen molar-refractivity contribution in [2.24, 2.45) is 5.92 Å². The van der Waals surface area contributed by atoms with Crippen LogP contribution < -0.4 is 4.74 Å². The van der Waals surface area contributed by atoms with E-state index in [1.165, 1.54) is 5.56 Å². The van der Waals surface area contributed by atoms with Gasteiger partial charge in [0, 0.05) is 12.0 Å². The van der Waals surface area contributed by atoms with Crippen LogP contribution in [0.15, 0.2) is 24.3 Å². The fraction of sp³-hybridized carbons (Fsp3) is 0.600.